The number of hydrogen-bond acceptors (Lipinski definition) is 3. The fourth-order valence-corrected chi connectivity index (χ4v) is 4.24. The number of pyridine rings is 1. The zero-order chi connectivity index (χ0) is 21.3. The molecule has 3 aromatic rings. The molecule has 5 heteroatoms. The van der Waals surface area contributed by atoms with Crippen LogP contribution < -0.4 is 10.7 Å². The van der Waals surface area contributed by atoms with Crippen molar-refractivity contribution in [3.63, 3.8) is 0 Å². The molecule has 1 N–H and O–H groups in total. The molecule has 0 aliphatic carbocycles. The Morgan fingerprint density at radius 2 is 1.83 bits per heavy atom. The fourth-order valence-electron chi connectivity index (χ4n) is 4.24. The molecule has 5 nitrogen and oxygen atoms in total. The second-order valence-electron chi connectivity index (χ2n) is 8.51. The molecule has 2 heterocycles. The molecule has 1 saturated heterocycles. The number of piperidine rings is 1. The molecule has 1 atom stereocenters. The SMILES string of the molecule is CC(C)c1ccc(NC2CCCN(C(=O)c3cn(C)c4ccccc4c3=O)C2)cc1. The molecule has 1 aliphatic heterocycles. The predicted octanol–water partition coefficient (Wildman–Crippen LogP) is 4.38. The number of carbonyl (C=O) groups excluding carboxylic acids is 1. The lowest BCUT2D eigenvalue weighted by atomic mass is 10.0. The highest BCUT2D eigenvalue weighted by Crippen LogP contribution is 2.21. The largest absolute Gasteiger partial charge is 0.381 e. The Hall–Kier alpha value is -3.08. The van der Waals surface area contributed by atoms with E-state index in [1.807, 2.05) is 34.7 Å². The first-order valence-electron chi connectivity index (χ1n) is 10.7. The molecule has 0 saturated carbocycles. The van der Waals surface area contributed by atoms with E-state index in [0.29, 0.717) is 24.4 Å². The first-order valence-corrected chi connectivity index (χ1v) is 10.7. The summed E-state index contributed by atoms with van der Waals surface area (Å²) in [7, 11) is 1.87. The number of nitrogens with zero attached hydrogens (tertiary/aromatic N) is 2. The second kappa shape index (κ2) is 8.34. The molecule has 0 radical (unpaired) electrons. The van der Waals surface area contributed by atoms with Crippen LogP contribution in [-0.2, 0) is 7.05 Å². The van der Waals surface area contributed by atoms with E-state index in [1.54, 1.807) is 12.3 Å². The van der Waals surface area contributed by atoms with Crippen LogP contribution in [-0.4, -0.2) is 34.5 Å². The van der Waals surface area contributed by atoms with Crippen molar-refractivity contribution in [3.8, 4) is 0 Å². The molecule has 156 valence electrons. The molecule has 30 heavy (non-hydrogen) atoms. The summed E-state index contributed by atoms with van der Waals surface area (Å²) in [6.07, 6.45) is 3.60. The van der Waals surface area contributed by atoms with Crippen LogP contribution in [0.1, 0.15) is 48.5 Å². The van der Waals surface area contributed by atoms with Gasteiger partial charge in [0.2, 0.25) is 5.43 Å². The van der Waals surface area contributed by atoms with Gasteiger partial charge in [-0.2, -0.15) is 0 Å². The van der Waals surface area contributed by atoms with Crippen molar-refractivity contribution in [1.29, 1.82) is 0 Å². The van der Waals surface area contributed by atoms with E-state index in [2.05, 4.69) is 43.4 Å². The molecule has 0 spiro atoms. The molecule has 4 rings (SSSR count). The normalized spacial score (nSPS) is 16.8. The number of nitrogens with one attached hydrogen (secondary N) is 1. The zero-order valence-corrected chi connectivity index (χ0v) is 17.9. The van der Waals surface area contributed by atoms with Gasteiger partial charge in [0.25, 0.3) is 5.91 Å². The summed E-state index contributed by atoms with van der Waals surface area (Å²) >= 11 is 0. The minimum atomic E-state index is -0.187. The minimum absolute atomic E-state index is 0.178. The van der Waals surface area contributed by atoms with Gasteiger partial charge in [-0.1, -0.05) is 38.1 Å². The van der Waals surface area contributed by atoms with Gasteiger partial charge in [0.05, 0.1) is 5.52 Å². The number of aromatic nitrogens is 1. The summed E-state index contributed by atoms with van der Waals surface area (Å²) in [5.41, 5.74) is 3.28. The van der Waals surface area contributed by atoms with Gasteiger partial charge in [-0.3, -0.25) is 9.59 Å². The molecular weight excluding hydrogens is 374 g/mol. The van der Waals surface area contributed by atoms with Crippen molar-refractivity contribution >= 4 is 22.5 Å². The van der Waals surface area contributed by atoms with E-state index in [-0.39, 0.29) is 22.9 Å². The molecular formula is C25H29N3O2. The topological polar surface area (TPSA) is 54.3 Å². The summed E-state index contributed by atoms with van der Waals surface area (Å²) in [5, 5.41) is 4.15. The standard InChI is InChI=1S/C25H29N3O2/c1-17(2)18-10-12-19(13-11-18)26-20-7-6-14-28(15-20)25(30)22-16-27(3)23-9-5-4-8-21(23)24(22)29/h4-5,8-13,16-17,20,26H,6-7,14-15H2,1-3H3. The highest BCUT2D eigenvalue weighted by molar-refractivity contribution is 5.97. The molecule has 1 aliphatic rings. The summed E-state index contributed by atoms with van der Waals surface area (Å²) in [5.74, 6) is 0.328. The monoisotopic (exact) mass is 403 g/mol. The lowest BCUT2D eigenvalue weighted by molar-refractivity contribution is 0.0713. The van der Waals surface area contributed by atoms with Crippen LogP contribution in [0, 0.1) is 0 Å². The van der Waals surface area contributed by atoms with Crippen molar-refractivity contribution in [1.82, 2.24) is 9.47 Å². The Labute approximate surface area is 177 Å². The molecule has 1 fully saturated rings. The lowest BCUT2D eigenvalue weighted by Crippen LogP contribution is -2.46. The number of rotatable bonds is 4. The first-order chi connectivity index (χ1) is 14.4. The molecule has 1 amide bonds. The van der Waals surface area contributed by atoms with Crippen LogP contribution in [0.15, 0.2) is 59.5 Å². The van der Waals surface area contributed by atoms with Crippen LogP contribution in [0.2, 0.25) is 0 Å². The smallest absolute Gasteiger partial charge is 0.259 e. The van der Waals surface area contributed by atoms with Gasteiger partial charge in [-0.15, -0.1) is 0 Å². The maximum atomic E-state index is 13.2. The van der Waals surface area contributed by atoms with Crippen molar-refractivity contribution in [2.24, 2.45) is 7.05 Å². The van der Waals surface area contributed by atoms with Crippen molar-refractivity contribution < 1.29 is 4.79 Å². The third-order valence-electron chi connectivity index (χ3n) is 5.98. The van der Waals surface area contributed by atoms with Crippen LogP contribution in [0.3, 0.4) is 0 Å². The third-order valence-corrected chi connectivity index (χ3v) is 5.98. The number of benzene rings is 2. The summed E-state index contributed by atoms with van der Waals surface area (Å²) in [6, 6.07) is 16.1. The van der Waals surface area contributed by atoms with Crippen LogP contribution in [0.4, 0.5) is 5.69 Å². The second-order valence-corrected chi connectivity index (χ2v) is 8.51. The fraction of sp³-hybridized carbons (Fsp3) is 0.360. The average Bonchev–Trinajstić information content (AvgIpc) is 2.76. The first kappa shape index (κ1) is 20.2. The summed E-state index contributed by atoms with van der Waals surface area (Å²) in [6.45, 7) is 5.65. The number of carbonyl (C=O) groups is 1. The van der Waals surface area contributed by atoms with Gasteiger partial charge in [-0.25, -0.2) is 0 Å². The Balaban J connectivity index is 1.52. The Morgan fingerprint density at radius 3 is 2.57 bits per heavy atom. The molecule has 2 aromatic carbocycles. The molecule has 1 aromatic heterocycles. The maximum Gasteiger partial charge on any atom is 0.259 e. The Bertz CT molecular complexity index is 1120. The number of anilines is 1. The van der Waals surface area contributed by atoms with Crippen LogP contribution >= 0.6 is 0 Å². The van der Waals surface area contributed by atoms with Crippen molar-refractivity contribution in [3.05, 3.63) is 76.1 Å². The van der Waals surface area contributed by atoms with Gasteiger partial charge in [0.15, 0.2) is 0 Å². The zero-order valence-electron chi connectivity index (χ0n) is 17.9. The average molecular weight is 404 g/mol. The molecule has 0 bridgehead atoms. The lowest BCUT2D eigenvalue weighted by Gasteiger charge is -2.33. The van der Waals surface area contributed by atoms with Gasteiger partial charge in [-0.05, 0) is 48.6 Å². The predicted molar refractivity (Wildman–Crippen MR) is 122 cm³/mol. The number of likely N-dealkylation sites (tertiary alicyclic amines) is 1. The van der Waals surface area contributed by atoms with Crippen molar-refractivity contribution in [2.45, 2.75) is 38.6 Å². The van der Waals surface area contributed by atoms with E-state index in [0.717, 1.165) is 24.0 Å². The summed E-state index contributed by atoms with van der Waals surface area (Å²) in [4.78, 5) is 28.0. The highest BCUT2D eigenvalue weighted by Gasteiger charge is 2.26. The Morgan fingerprint density at radius 1 is 1.10 bits per heavy atom. The van der Waals surface area contributed by atoms with Crippen LogP contribution in [0.25, 0.3) is 10.9 Å². The minimum Gasteiger partial charge on any atom is -0.381 e. The summed E-state index contributed by atoms with van der Waals surface area (Å²) < 4.78 is 1.86. The number of amides is 1. The van der Waals surface area contributed by atoms with Gasteiger partial charge in [0.1, 0.15) is 5.56 Å². The van der Waals surface area contributed by atoms with Gasteiger partial charge >= 0.3 is 0 Å². The van der Waals surface area contributed by atoms with Gasteiger partial charge < -0.3 is 14.8 Å². The van der Waals surface area contributed by atoms with E-state index in [1.165, 1.54) is 5.56 Å². The number of hydrogen-bond donors (Lipinski definition) is 1. The van der Waals surface area contributed by atoms with E-state index < -0.39 is 0 Å². The maximum absolute atomic E-state index is 13.2. The number of fused-ring (bicyclic) bond motifs is 1. The highest BCUT2D eigenvalue weighted by atomic mass is 16.2. The van der Waals surface area contributed by atoms with E-state index in [4.69, 9.17) is 0 Å². The van der Waals surface area contributed by atoms with Crippen molar-refractivity contribution in [2.75, 3.05) is 18.4 Å². The third kappa shape index (κ3) is 3.97. The van der Waals surface area contributed by atoms with Gasteiger partial charge in [0, 0.05) is 43.4 Å². The van der Waals surface area contributed by atoms with E-state index in [9.17, 15) is 9.59 Å². The number of para-hydroxylation sites is 1. The Kier molecular flexibility index (Phi) is 5.62. The van der Waals surface area contributed by atoms with E-state index >= 15 is 0 Å². The number of aryl methyl sites for hydroxylation is 1. The van der Waals surface area contributed by atoms with Crippen LogP contribution in [0.5, 0.6) is 0 Å². The molecule has 1 unspecified atom stereocenters. The quantitative estimate of drug-likeness (QED) is 0.703.